The predicted octanol–water partition coefficient (Wildman–Crippen LogP) is 3.46. The molecule has 0 amide bonds. The summed E-state index contributed by atoms with van der Waals surface area (Å²) >= 11 is 0. The van der Waals surface area contributed by atoms with Gasteiger partial charge in [-0.25, -0.2) is 4.79 Å². The maximum Gasteiger partial charge on any atom is 0.332 e. The van der Waals surface area contributed by atoms with Crippen LogP contribution in [0.3, 0.4) is 0 Å². The number of carbonyl (C=O) groups is 2. The molecule has 1 aliphatic rings. The van der Waals surface area contributed by atoms with Gasteiger partial charge in [-0.2, -0.15) is 4.98 Å². The molecule has 1 heterocycles. The fourth-order valence-electron chi connectivity index (χ4n) is 3.57. The van der Waals surface area contributed by atoms with Gasteiger partial charge in [0.05, 0.1) is 13.0 Å². The van der Waals surface area contributed by atoms with Gasteiger partial charge in [0.15, 0.2) is 5.82 Å². The van der Waals surface area contributed by atoms with Crippen LogP contribution in [-0.2, 0) is 25.7 Å². The van der Waals surface area contributed by atoms with Crippen molar-refractivity contribution in [1.82, 2.24) is 10.1 Å². The number of rotatable bonds is 12. The molecule has 1 fully saturated rings. The first kappa shape index (κ1) is 21.3. The molecule has 8 heteroatoms. The van der Waals surface area contributed by atoms with E-state index in [1.807, 2.05) is 0 Å². The molecule has 0 aromatic carbocycles. The van der Waals surface area contributed by atoms with E-state index in [0.717, 1.165) is 18.8 Å². The summed E-state index contributed by atoms with van der Waals surface area (Å²) < 4.78 is 15.2. The molecule has 0 aliphatic heterocycles. The van der Waals surface area contributed by atoms with Crippen LogP contribution in [0.5, 0.6) is 0 Å². The molecule has 1 aliphatic carbocycles. The highest BCUT2D eigenvalue weighted by molar-refractivity contribution is 5.70. The lowest BCUT2D eigenvalue weighted by molar-refractivity contribution is -0.149. The maximum absolute atomic E-state index is 11.2. The molecule has 0 spiro atoms. The number of carbonyl (C=O) groups excluding carboxylic acids is 1. The van der Waals surface area contributed by atoms with Crippen molar-refractivity contribution in [3.8, 4) is 0 Å². The van der Waals surface area contributed by atoms with E-state index < -0.39 is 11.9 Å². The predicted molar refractivity (Wildman–Crippen MR) is 96.0 cm³/mol. The molecule has 152 valence electrons. The minimum absolute atomic E-state index is 0.0180. The van der Waals surface area contributed by atoms with Crippen molar-refractivity contribution in [3.05, 3.63) is 11.7 Å². The lowest BCUT2D eigenvalue weighted by Gasteiger charge is -2.21. The van der Waals surface area contributed by atoms with E-state index in [9.17, 15) is 14.7 Å². The van der Waals surface area contributed by atoms with Gasteiger partial charge >= 0.3 is 11.9 Å². The van der Waals surface area contributed by atoms with Crippen molar-refractivity contribution < 1.29 is 28.7 Å². The van der Waals surface area contributed by atoms with E-state index >= 15 is 0 Å². The Hall–Kier alpha value is -1.96. The third-order valence-corrected chi connectivity index (χ3v) is 4.90. The number of hydrogen-bond donors (Lipinski definition) is 1. The molecule has 1 saturated carbocycles. The van der Waals surface area contributed by atoms with Crippen molar-refractivity contribution in [2.45, 2.75) is 77.2 Å². The summed E-state index contributed by atoms with van der Waals surface area (Å²) in [4.78, 5) is 26.7. The molecular formula is C19H30N2O6. The number of carboxylic acid groups (broad SMARTS) is 1. The zero-order chi connectivity index (χ0) is 19.5. The summed E-state index contributed by atoms with van der Waals surface area (Å²) in [5.74, 6) is -0.229. The zero-order valence-corrected chi connectivity index (χ0v) is 16.0. The highest BCUT2D eigenvalue weighted by atomic mass is 16.6. The SMILES string of the molecule is CCOC(=O)COCc1noc(C(CCCC2CCCCC2)CC(=O)O)n1. The lowest BCUT2D eigenvalue weighted by atomic mass is 9.84. The van der Waals surface area contributed by atoms with Crippen molar-refractivity contribution >= 4 is 11.9 Å². The first-order valence-electron chi connectivity index (χ1n) is 9.86. The fraction of sp³-hybridized carbons (Fsp3) is 0.789. The van der Waals surface area contributed by atoms with Gasteiger partial charge in [-0.3, -0.25) is 4.79 Å². The summed E-state index contributed by atoms with van der Waals surface area (Å²) in [6, 6.07) is 0. The molecular weight excluding hydrogens is 352 g/mol. The molecule has 0 saturated heterocycles. The highest BCUT2D eigenvalue weighted by Crippen LogP contribution is 2.31. The lowest BCUT2D eigenvalue weighted by Crippen LogP contribution is -2.12. The van der Waals surface area contributed by atoms with E-state index in [1.165, 1.54) is 32.1 Å². The van der Waals surface area contributed by atoms with E-state index in [2.05, 4.69) is 10.1 Å². The summed E-state index contributed by atoms with van der Waals surface area (Å²) in [7, 11) is 0. The molecule has 1 unspecified atom stereocenters. The maximum atomic E-state index is 11.2. The minimum Gasteiger partial charge on any atom is -0.481 e. The second-order valence-electron chi connectivity index (χ2n) is 7.08. The largest absolute Gasteiger partial charge is 0.481 e. The van der Waals surface area contributed by atoms with E-state index in [0.29, 0.717) is 24.7 Å². The van der Waals surface area contributed by atoms with Gasteiger partial charge in [0, 0.05) is 5.92 Å². The van der Waals surface area contributed by atoms with Gasteiger partial charge in [-0.15, -0.1) is 0 Å². The number of aliphatic carboxylic acids is 1. The van der Waals surface area contributed by atoms with Crippen LogP contribution in [-0.4, -0.2) is 40.4 Å². The fourth-order valence-corrected chi connectivity index (χ4v) is 3.57. The van der Waals surface area contributed by atoms with Crippen molar-refractivity contribution in [2.75, 3.05) is 13.2 Å². The van der Waals surface area contributed by atoms with Gasteiger partial charge in [0.25, 0.3) is 0 Å². The molecule has 1 N–H and O–H groups in total. The van der Waals surface area contributed by atoms with Crippen LogP contribution in [0.2, 0.25) is 0 Å². The first-order chi connectivity index (χ1) is 13.1. The summed E-state index contributed by atoms with van der Waals surface area (Å²) in [5.41, 5.74) is 0. The average molecular weight is 382 g/mol. The van der Waals surface area contributed by atoms with Crippen molar-refractivity contribution in [3.63, 3.8) is 0 Å². The Balaban J connectivity index is 1.81. The Morgan fingerprint density at radius 3 is 2.78 bits per heavy atom. The Morgan fingerprint density at radius 1 is 1.30 bits per heavy atom. The zero-order valence-electron chi connectivity index (χ0n) is 16.0. The third-order valence-electron chi connectivity index (χ3n) is 4.90. The Labute approximate surface area is 159 Å². The monoisotopic (exact) mass is 382 g/mol. The van der Waals surface area contributed by atoms with Crippen LogP contribution < -0.4 is 0 Å². The van der Waals surface area contributed by atoms with Crippen LogP contribution in [0.1, 0.15) is 82.3 Å². The third kappa shape index (κ3) is 8.07. The number of ether oxygens (including phenoxy) is 2. The molecule has 1 aromatic heterocycles. The van der Waals surface area contributed by atoms with Gasteiger partial charge in [0.2, 0.25) is 5.89 Å². The number of esters is 1. The van der Waals surface area contributed by atoms with E-state index in [1.54, 1.807) is 6.92 Å². The van der Waals surface area contributed by atoms with Gasteiger partial charge in [0.1, 0.15) is 13.2 Å². The normalized spacial score (nSPS) is 16.2. The second kappa shape index (κ2) is 11.7. The molecule has 27 heavy (non-hydrogen) atoms. The molecule has 0 radical (unpaired) electrons. The summed E-state index contributed by atoms with van der Waals surface area (Å²) in [5, 5.41) is 13.0. The van der Waals surface area contributed by atoms with Crippen LogP contribution in [0, 0.1) is 5.92 Å². The van der Waals surface area contributed by atoms with E-state index in [4.69, 9.17) is 14.0 Å². The molecule has 2 rings (SSSR count). The van der Waals surface area contributed by atoms with Crippen LogP contribution in [0.15, 0.2) is 4.52 Å². The number of hydrogen-bond acceptors (Lipinski definition) is 7. The number of nitrogens with zero attached hydrogens (tertiary/aromatic N) is 2. The highest BCUT2D eigenvalue weighted by Gasteiger charge is 2.23. The number of aromatic nitrogens is 2. The number of carboxylic acids is 1. The van der Waals surface area contributed by atoms with Crippen molar-refractivity contribution in [2.24, 2.45) is 5.92 Å². The second-order valence-corrected chi connectivity index (χ2v) is 7.08. The van der Waals surface area contributed by atoms with Crippen LogP contribution in [0.4, 0.5) is 0 Å². The standard InChI is InChI=1S/C19H30N2O6/c1-2-26-18(24)13-25-12-16-20-19(27-21-16)15(11-17(22)23)10-6-9-14-7-4-3-5-8-14/h14-15H,2-13H2,1H3,(H,22,23). The molecule has 8 nitrogen and oxygen atoms in total. The summed E-state index contributed by atoms with van der Waals surface area (Å²) in [6.45, 7) is 1.86. The average Bonchev–Trinajstić information content (AvgIpc) is 3.10. The quantitative estimate of drug-likeness (QED) is 0.547. The Bertz CT molecular complexity index is 583. The van der Waals surface area contributed by atoms with Gasteiger partial charge < -0.3 is 19.1 Å². The molecule has 1 aromatic rings. The van der Waals surface area contributed by atoms with Crippen LogP contribution >= 0.6 is 0 Å². The van der Waals surface area contributed by atoms with Gasteiger partial charge in [-0.05, 0) is 19.3 Å². The topological polar surface area (TPSA) is 112 Å². The van der Waals surface area contributed by atoms with Gasteiger partial charge in [-0.1, -0.05) is 50.1 Å². The van der Waals surface area contributed by atoms with Crippen LogP contribution in [0.25, 0.3) is 0 Å². The minimum atomic E-state index is -0.879. The van der Waals surface area contributed by atoms with Crippen molar-refractivity contribution in [1.29, 1.82) is 0 Å². The Kier molecular flexibility index (Phi) is 9.24. The molecule has 1 atom stereocenters. The smallest absolute Gasteiger partial charge is 0.332 e. The first-order valence-corrected chi connectivity index (χ1v) is 9.86. The summed E-state index contributed by atoms with van der Waals surface area (Å²) in [6.07, 6.45) is 9.28. The Morgan fingerprint density at radius 2 is 2.07 bits per heavy atom. The molecule has 0 bridgehead atoms. The van der Waals surface area contributed by atoms with E-state index in [-0.39, 0.29) is 25.6 Å².